The minimum absolute atomic E-state index is 0.308. The molecular weight excluding hydrogens is 328 g/mol. The molecule has 4 atom stereocenters. The van der Waals surface area contributed by atoms with Gasteiger partial charge in [0.05, 0.1) is 18.8 Å². The molecule has 140 valence electrons. The van der Waals surface area contributed by atoms with E-state index in [4.69, 9.17) is 4.74 Å². The molecule has 0 spiro atoms. The highest BCUT2D eigenvalue weighted by Crippen LogP contribution is 2.33. The standard InChI is InChI=1S/C22H28O4/c1-3-15-5-7-16(8-6-15)10-18-11-17(9-4-14(18)2)20-12-19(24)22(25)21(13-23)26-20/h4-9,11,19-25H,3,10,12-13H2,1-2H3/t19?,20-,21?,22?/m0/s1. The van der Waals surface area contributed by atoms with Gasteiger partial charge in [-0.25, -0.2) is 0 Å². The van der Waals surface area contributed by atoms with Gasteiger partial charge in [0.1, 0.15) is 12.2 Å². The van der Waals surface area contributed by atoms with Gasteiger partial charge in [0.15, 0.2) is 0 Å². The molecule has 1 saturated heterocycles. The van der Waals surface area contributed by atoms with Crippen molar-refractivity contribution < 1.29 is 20.1 Å². The van der Waals surface area contributed by atoms with Gasteiger partial charge in [0.25, 0.3) is 0 Å². The Hall–Kier alpha value is -1.72. The maximum atomic E-state index is 10.1. The van der Waals surface area contributed by atoms with Gasteiger partial charge in [0, 0.05) is 6.42 Å². The highest BCUT2D eigenvalue weighted by atomic mass is 16.5. The van der Waals surface area contributed by atoms with Crippen LogP contribution in [0.5, 0.6) is 0 Å². The second-order valence-corrected chi connectivity index (χ2v) is 7.17. The molecule has 2 aromatic carbocycles. The summed E-state index contributed by atoms with van der Waals surface area (Å²) in [5, 5.41) is 29.4. The Kier molecular flexibility index (Phi) is 6.09. The van der Waals surface area contributed by atoms with Gasteiger partial charge in [-0.1, -0.05) is 49.4 Å². The first kappa shape index (κ1) is 19.1. The van der Waals surface area contributed by atoms with E-state index >= 15 is 0 Å². The lowest BCUT2D eigenvalue weighted by molar-refractivity contribution is -0.181. The van der Waals surface area contributed by atoms with E-state index in [-0.39, 0.29) is 12.7 Å². The van der Waals surface area contributed by atoms with Crippen molar-refractivity contribution in [3.63, 3.8) is 0 Å². The Bertz CT molecular complexity index is 725. The van der Waals surface area contributed by atoms with Gasteiger partial charge in [0.2, 0.25) is 0 Å². The van der Waals surface area contributed by atoms with Crippen LogP contribution in [-0.2, 0) is 17.6 Å². The molecule has 1 aliphatic heterocycles. The summed E-state index contributed by atoms with van der Waals surface area (Å²) in [5.74, 6) is 0. The summed E-state index contributed by atoms with van der Waals surface area (Å²) in [6.07, 6.45) is -0.817. The Morgan fingerprint density at radius 3 is 2.38 bits per heavy atom. The Balaban J connectivity index is 1.80. The van der Waals surface area contributed by atoms with Gasteiger partial charge in [-0.3, -0.25) is 0 Å². The first-order valence-electron chi connectivity index (χ1n) is 9.31. The van der Waals surface area contributed by atoms with Gasteiger partial charge in [-0.05, 0) is 47.6 Å². The molecule has 0 radical (unpaired) electrons. The van der Waals surface area contributed by atoms with Gasteiger partial charge >= 0.3 is 0 Å². The third-order valence-electron chi connectivity index (χ3n) is 5.32. The first-order chi connectivity index (χ1) is 12.5. The minimum Gasteiger partial charge on any atom is -0.394 e. The molecule has 0 amide bonds. The van der Waals surface area contributed by atoms with Crippen molar-refractivity contribution >= 4 is 0 Å². The van der Waals surface area contributed by atoms with Crippen LogP contribution in [0.3, 0.4) is 0 Å². The summed E-state index contributed by atoms with van der Waals surface area (Å²) in [7, 11) is 0. The highest BCUT2D eigenvalue weighted by Gasteiger charge is 2.36. The van der Waals surface area contributed by atoms with Crippen molar-refractivity contribution in [2.45, 2.75) is 57.5 Å². The SMILES string of the molecule is CCc1ccc(Cc2cc([C@@H]3CC(O)C(O)C(CO)O3)ccc2C)cc1. The quantitative estimate of drug-likeness (QED) is 0.770. The minimum atomic E-state index is -1.04. The number of aliphatic hydroxyl groups excluding tert-OH is 3. The molecule has 3 rings (SSSR count). The van der Waals surface area contributed by atoms with Crippen molar-refractivity contribution in [2.24, 2.45) is 0 Å². The summed E-state index contributed by atoms with van der Waals surface area (Å²) in [6.45, 7) is 3.94. The van der Waals surface area contributed by atoms with Crippen LogP contribution in [0.4, 0.5) is 0 Å². The molecule has 4 heteroatoms. The number of rotatable bonds is 5. The largest absolute Gasteiger partial charge is 0.394 e. The number of ether oxygens (including phenoxy) is 1. The Morgan fingerprint density at radius 1 is 1.04 bits per heavy atom. The molecule has 0 aromatic heterocycles. The Morgan fingerprint density at radius 2 is 1.73 bits per heavy atom. The number of aryl methyl sites for hydroxylation is 2. The van der Waals surface area contributed by atoms with Crippen LogP contribution in [0.15, 0.2) is 42.5 Å². The maximum absolute atomic E-state index is 10.1. The lowest BCUT2D eigenvalue weighted by Gasteiger charge is -2.36. The lowest BCUT2D eigenvalue weighted by Crippen LogP contribution is -2.47. The van der Waals surface area contributed by atoms with Crippen molar-refractivity contribution in [1.82, 2.24) is 0 Å². The molecule has 1 aliphatic rings. The normalized spacial score (nSPS) is 26.0. The van der Waals surface area contributed by atoms with Crippen molar-refractivity contribution in [3.05, 3.63) is 70.3 Å². The number of aliphatic hydroxyl groups is 3. The number of hydrogen-bond acceptors (Lipinski definition) is 4. The predicted molar refractivity (Wildman–Crippen MR) is 101 cm³/mol. The molecule has 1 fully saturated rings. The molecule has 0 saturated carbocycles. The summed E-state index contributed by atoms with van der Waals surface area (Å²) >= 11 is 0. The van der Waals surface area contributed by atoms with Crippen LogP contribution in [0.2, 0.25) is 0 Å². The fraction of sp³-hybridized carbons (Fsp3) is 0.455. The van der Waals surface area contributed by atoms with E-state index in [2.05, 4.69) is 50.2 Å². The van der Waals surface area contributed by atoms with E-state index in [1.165, 1.54) is 22.3 Å². The van der Waals surface area contributed by atoms with E-state index in [0.717, 1.165) is 18.4 Å². The second kappa shape index (κ2) is 8.31. The monoisotopic (exact) mass is 356 g/mol. The zero-order chi connectivity index (χ0) is 18.7. The molecule has 26 heavy (non-hydrogen) atoms. The van der Waals surface area contributed by atoms with E-state index in [0.29, 0.717) is 6.42 Å². The first-order valence-corrected chi connectivity index (χ1v) is 9.31. The second-order valence-electron chi connectivity index (χ2n) is 7.17. The fourth-order valence-electron chi connectivity index (χ4n) is 3.51. The van der Waals surface area contributed by atoms with E-state index in [9.17, 15) is 15.3 Å². The summed E-state index contributed by atoms with van der Waals surface area (Å²) in [5.41, 5.74) is 5.99. The molecular formula is C22H28O4. The number of hydrogen-bond donors (Lipinski definition) is 3. The average Bonchev–Trinajstić information content (AvgIpc) is 2.66. The zero-order valence-corrected chi connectivity index (χ0v) is 15.4. The van der Waals surface area contributed by atoms with Gasteiger partial charge in [-0.15, -0.1) is 0 Å². The lowest BCUT2D eigenvalue weighted by atomic mass is 9.91. The van der Waals surface area contributed by atoms with Crippen LogP contribution in [0.1, 0.15) is 47.3 Å². The predicted octanol–water partition coefficient (Wildman–Crippen LogP) is 2.69. The molecule has 4 nitrogen and oxygen atoms in total. The molecule has 1 heterocycles. The molecule has 0 aliphatic carbocycles. The third kappa shape index (κ3) is 4.15. The van der Waals surface area contributed by atoms with Crippen LogP contribution < -0.4 is 0 Å². The topological polar surface area (TPSA) is 69.9 Å². The van der Waals surface area contributed by atoms with Crippen molar-refractivity contribution in [3.8, 4) is 0 Å². The third-order valence-corrected chi connectivity index (χ3v) is 5.32. The van der Waals surface area contributed by atoms with Crippen LogP contribution >= 0.6 is 0 Å². The van der Waals surface area contributed by atoms with E-state index < -0.39 is 18.3 Å². The van der Waals surface area contributed by atoms with Crippen LogP contribution in [-0.4, -0.2) is 40.2 Å². The van der Waals surface area contributed by atoms with Crippen LogP contribution in [0, 0.1) is 6.92 Å². The fourth-order valence-corrected chi connectivity index (χ4v) is 3.51. The summed E-state index contributed by atoms with van der Waals surface area (Å²) < 4.78 is 5.82. The average molecular weight is 356 g/mol. The number of benzene rings is 2. The maximum Gasteiger partial charge on any atom is 0.110 e. The zero-order valence-electron chi connectivity index (χ0n) is 15.4. The van der Waals surface area contributed by atoms with Gasteiger partial charge < -0.3 is 20.1 Å². The van der Waals surface area contributed by atoms with Crippen molar-refractivity contribution in [1.29, 1.82) is 0 Å². The molecule has 2 aromatic rings. The summed E-state index contributed by atoms with van der Waals surface area (Å²) in [4.78, 5) is 0. The van der Waals surface area contributed by atoms with E-state index in [1.54, 1.807) is 0 Å². The molecule has 0 bridgehead atoms. The van der Waals surface area contributed by atoms with E-state index in [1.807, 2.05) is 6.07 Å². The summed E-state index contributed by atoms with van der Waals surface area (Å²) in [6, 6.07) is 14.9. The van der Waals surface area contributed by atoms with Crippen LogP contribution in [0.25, 0.3) is 0 Å². The van der Waals surface area contributed by atoms with Crippen molar-refractivity contribution in [2.75, 3.05) is 6.61 Å². The smallest absolute Gasteiger partial charge is 0.110 e. The van der Waals surface area contributed by atoms with Gasteiger partial charge in [-0.2, -0.15) is 0 Å². The Labute approximate surface area is 155 Å². The molecule has 3 unspecified atom stereocenters. The highest BCUT2D eigenvalue weighted by molar-refractivity contribution is 5.37. The molecule has 3 N–H and O–H groups in total.